The van der Waals surface area contributed by atoms with Crippen LogP contribution < -0.4 is 0 Å². The van der Waals surface area contributed by atoms with Crippen molar-refractivity contribution in [3.8, 4) is 0 Å². The first-order valence-electron chi connectivity index (χ1n) is 10.4. The first-order chi connectivity index (χ1) is 11.4. The first kappa shape index (κ1) is 20.7. The fourth-order valence-electron chi connectivity index (χ4n) is 3.31. The van der Waals surface area contributed by atoms with E-state index in [9.17, 15) is 0 Å². The second kappa shape index (κ2) is 15.2. The van der Waals surface area contributed by atoms with E-state index in [1.54, 1.807) is 11.1 Å². The van der Waals surface area contributed by atoms with Crippen LogP contribution in [0.1, 0.15) is 115 Å². The fraction of sp³-hybridized carbons (Fsp3) is 0.818. The first-order valence-corrected chi connectivity index (χ1v) is 11.4. The average Bonchev–Trinajstić information content (AvgIpc) is 3.01. The third kappa shape index (κ3) is 11.0. The predicted molar refractivity (Wildman–Crippen MR) is 108 cm³/mol. The van der Waals surface area contributed by atoms with Gasteiger partial charge in [-0.2, -0.15) is 11.3 Å². The molecule has 0 fully saturated rings. The van der Waals surface area contributed by atoms with Gasteiger partial charge in [-0.05, 0) is 47.6 Å². The van der Waals surface area contributed by atoms with E-state index in [-0.39, 0.29) is 0 Å². The van der Waals surface area contributed by atoms with Crippen molar-refractivity contribution < 1.29 is 0 Å². The van der Waals surface area contributed by atoms with E-state index < -0.39 is 0 Å². The molecule has 1 heterocycles. The molecule has 0 bridgehead atoms. The van der Waals surface area contributed by atoms with Crippen molar-refractivity contribution in [3.63, 3.8) is 0 Å². The summed E-state index contributed by atoms with van der Waals surface area (Å²) < 4.78 is 0. The van der Waals surface area contributed by atoms with Crippen LogP contribution in [0.5, 0.6) is 0 Å². The lowest BCUT2D eigenvalue weighted by molar-refractivity contribution is 0.544. The molecule has 0 amide bonds. The van der Waals surface area contributed by atoms with Gasteiger partial charge in [-0.15, -0.1) is 0 Å². The van der Waals surface area contributed by atoms with Gasteiger partial charge in [-0.25, -0.2) is 0 Å². The molecule has 0 nitrogen and oxygen atoms in total. The third-order valence-corrected chi connectivity index (χ3v) is 5.77. The summed E-state index contributed by atoms with van der Waals surface area (Å²) in [5, 5.41) is 4.77. The molecule has 23 heavy (non-hydrogen) atoms. The topological polar surface area (TPSA) is 0 Å². The summed E-state index contributed by atoms with van der Waals surface area (Å²) in [7, 11) is 0. The molecule has 0 atom stereocenters. The Kier molecular flexibility index (Phi) is 13.7. The minimum Gasteiger partial charge on any atom is -0.152 e. The van der Waals surface area contributed by atoms with Crippen molar-refractivity contribution in [1.82, 2.24) is 0 Å². The van der Waals surface area contributed by atoms with Gasteiger partial charge in [0.25, 0.3) is 0 Å². The van der Waals surface area contributed by atoms with Gasteiger partial charge >= 0.3 is 0 Å². The monoisotopic (exact) mass is 336 g/mol. The maximum atomic E-state index is 2.39. The number of aryl methyl sites for hydroxylation is 2. The molecule has 0 aliphatic heterocycles. The molecule has 0 aliphatic rings. The fourth-order valence-corrected chi connectivity index (χ4v) is 4.25. The molecule has 0 radical (unpaired) electrons. The van der Waals surface area contributed by atoms with Gasteiger partial charge < -0.3 is 0 Å². The van der Waals surface area contributed by atoms with Crippen LogP contribution in [-0.4, -0.2) is 0 Å². The molecule has 0 saturated carbocycles. The summed E-state index contributed by atoms with van der Waals surface area (Å²) >= 11 is 1.90. The summed E-state index contributed by atoms with van der Waals surface area (Å²) in [5.41, 5.74) is 3.29. The van der Waals surface area contributed by atoms with Gasteiger partial charge in [0.05, 0.1) is 0 Å². The highest BCUT2D eigenvalue weighted by Gasteiger charge is 2.03. The summed E-state index contributed by atoms with van der Waals surface area (Å²) in [5.74, 6) is 0. The highest BCUT2D eigenvalue weighted by atomic mass is 32.1. The van der Waals surface area contributed by atoms with Crippen LogP contribution in [0.15, 0.2) is 10.8 Å². The Balaban J connectivity index is 1.89. The number of thiophene rings is 1. The van der Waals surface area contributed by atoms with Gasteiger partial charge in [0, 0.05) is 0 Å². The molecular formula is C22H40S. The molecular weight excluding hydrogens is 296 g/mol. The van der Waals surface area contributed by atoms with Crippen molar-refractivity contribution in [1.29, 1.82) is 0 Å². The van der Waals surface area contributed by atoms with Crippen LogP contribution in [0.3, 0.4) is 0 Å². The van der Waals surface area contributed by atoms with Crippen LogP contribution in [0.4, 0.5) is 0 Å². The van der Waals surface area contributed by atoms with Crippen molar-refractivity contribution in [2.24, 2.45) is 0 Å². The van der Waals surface area contributed by atoms with E-state index in [1.807, 2.05) is 11.3 Å². The normalized spacial score (nSPS) is 11.2. The van der Waals surface area contributed by atoms with E-state index in [0.29, 0.717) is 0 Å². The zero-order chi connectivity index (χ0) is 16.6. The SMILES string of the molecule is CCCCCCCCCCCCCCc1cscc1CCCC. The molecule has 1 heteroatoms. The van der Waals surface area contributed by atoms with Gasteiger partial charge in [0.1, 0.15) is 0 Å². The number of unbranched alkanes of at least 4 members (excludes halogenated alkanes) is 12. The van der Waals surface area contributed by atoms with Crippen molar-refractivity contribution in [2.75, 3.05) is 0 Å². The van der Waals surface area contributed by atoms with Crippen LogP contribution in [0.2, 0.25) is 0 Å². The summed E-state index contributed by atoms with van der Waals surface area (Å²) in [6.45, 7) is 4.58. The lowest BCUT2D eigenvalue weighted by atomic mass is 10.0. The van der Waals surface area contributed by atoms with E-state index in [4.69, 9.17) is 0 Å². The van der Waals surface area contributed by atoms with E-state index in [2.05, 4.69) is 24.6 Å². The number of hydrogen-bond acceptors (Lipinski definition) is 1. The summed E-state index contributed by atoms with van der Waals surface area (Å²) in [4.78, 5) is 0. The second-order valence-corrected chi connectivity index (χ2v) is 7.91. The molecule has 0 N–H and O–H groups in total. The molecule has 1 rings (SSSR count). The minimum atomic E-state index is 1.30. The predicted octanol–water partition coefficient (Wildman–Crippen LogP) is 8.33. The standard InChI is InChI=1S/C22H40S/c1-3-5-7-8-9-10-11-12-13-14-15-16-18-22-20-23-19-21(22)17-6-4-2/h19-20H,3-18H2,1-2H3. The Labute approximate surface area is 150 Å². The van der Waals surface area contributed by atoms with Crippen LogP contribution >= 0.6 is 11.3 Å². The Hall–Kier alpha value is -0.300. The molecule has 0 aromatic carbocycles. The van der Waals surface area contributed by atoms with Gasteiger partial charge in [0.2, 0.25) is 0 Å². The Morgan fingerprint density at radius 3 is 1.39 bits per heavy atom. The molecule has 0 saturated heterocycles. The number of hydrogen-bond donors (Lipinski definition) is 0. The Morgan fingerprint density at radius 2 is 0.913 bits per heavy atom. The highest BCUT2D eigenvalue weighted by molar-refractivity contribution is 7.08. The number of rotatable bonds is 16. The van der Waals surface area contributed by atoms with E-state index in [0.717, 1.165) is 0 Å². The second-order valence-electron chi connectivity index (χ2n) is 7.16. The summed E-state index contributed by atoms with van der Waals surface area (Å²) in [6.07, 6.45) is 22.6. The smallest absolute Gasteiger partial charge is 0.00584 e. The van der Waals surface area contributed by atoms with Gasteiger partial charge in [-0.3, -0.25) is 0 Å². The zero-order valence-electron chi connectivity index (χ0n) is 15.9. The van der Waals surface area contributed by atoms with Crippen LogP contribution in [0, 0.1) is 0 Å². The van der Waals surface area contributed by atoms with E-state index >= 15 is 0 Å². The third-order valence-electron chi connectivity index (χ3n) is 4.93. The quantitative estimate of drug-likeness (QED) is 0.266. The molecule has 0 unspecified atom stereocenters. The van der Waals surface area contributed by atoms with Gasteiger partial charge in [-0.1, -0.05) is 90.9 Å². The maximum Gasteiger partial charge on any atom is -0.00584 e. The van der Waals surface area contributed by atoms with Crippen LogP contribution in [-0.2, 0) is 12.8 Å². The summed E-state index contributed by atoms with van der Waals surface area (Å²) in [6, 6.07) is 0. The van der Waals surface area contributed by atoms with Gasteiger partial charge in [0.15, 0.2) is 0 Å². The molecule has 0 aliphatic carbocycles. The van der Waals surface area contributed by atoms with Crippen molar-refractivity contribution >= 4 is 11.3 Å². The maximum absolute atomic E-state index is 2.39. The minimum absolute atomic E-state index is 1.30. The average molecular weight is 337 g/mol. The van der Waals surface area contributed by atoms with E-state index in [1.165, 1.54) is 103 Å². The Bertz CT molecular complexity index is 353. The lowest BCUT2D eigenvalue weighted by Gasteiger charge is -2.05. The highest BCUT2D eigenvalue weighted by Crippen LogP contribution is 2.20. The van der Waals surface area contributed by atoms with Crippen LogP contribution in [0.25, 0.3) is 0 Å². The molecule has 134 valence electrons. The Morgan fingerprint density at radius 1 is 0.522 bits per heavy atom. The zero-order valence-corrected chi connectivity index (χ0v) is 16.7. The molecule has 1 aromatic heterocycles. The van der Waals surface area contributed by atoms with Crippen molar-refractivity contribution in [2.45, 2.75) is 117 Å². The largest absolute Gasteiger partial charge is 0.152 e. The lowest BCUT2D eigenvalue weighted by Crippen LogP contribution is -1.91. The van der Waals surface area contributed by atoms with Crippen molar-refractivity contribution in [3.05, 3.63) is 21.9 Å². The molecule has 1 aromatic rings. The molecule has 0 spiro atoms.